The van der Waals surface area contributed by atoms with Crippen LogP contribution in [0, 0.1) is 0 Å². The van der Waals surface area contributed by atoms with Crippen LogP contribution in [-0.2, 0) is 20.0 Å². The molecular weight excluding hydrogens is 212 g/mol. The zero-order chi connectivity index (χ0) is 12.1. The monoisotopic (exact) mass is 230 g/mol. The molecule has 1 aromatic heterocycles. The number of aryl methyl sites for hydroxylation is 1. The summed E-state index contributed by atoms with van der Waals surface area (Å²) in [7, 11) is 1.91. The lowest BCUT2D eigenvalue weighted by atomic mass is 10.1. The third-order valence-electron chi connectivity index (χ3n) is 2.66. The summed E-state index contributed by atoms with van der Waals surface area (Å²) in [5.74, 6) is 0. The van der Waals surface area contributed by atoms with E-state index in [1.54, 1.807) is 4.68 Å². The van der Waals surface area contributed by atoms with Crippen LogP contribution in [0.1, 0.15) is 11.1 Å². The molecule has 90 valence electrons. The van der Waals surface area contributed by atoms with Crippen molar-refractivity contribution in [2.75, 3.05) is 11.9 Å². The molecule has 4 heteroatoms. The Labute approximate surface area is 101 Å². The van der Waals surface area contributed by atoms with Crippen molar-refractivity contribution in [2.24, 2.45) is 12.8 Å². The first-order chi connectivity index (χ1) is 8.28. The standard InChI is InChI=1S/C13H18N4/c1-17-10-13(9-16-17)15-8-12-4-2-11(3-5-12)6-7-14/h2-5,9-10,15H,6-8,14H2,1H3. The minimum Gasteiger partial charge on any atom is -0.378 e. The number of nitrogens with zero attached hydrogens (tertiary/aromatic N) is 2. The van der Waals surface area contributed by atoms with Gasteiger partial charge in [-0.25, -0.2) is 0 Å². The second kappa shape index (κ2) is 5.50. The van der Waals surface area contributed by atoms with Crippen LogP contribution in [0.4, 0.5) is 5.69 Å². The lowest BCUT2D eigenvalue weighted by Crippen LogP contribution is -2.03. The Morgan fingerprint density at radius 2 is 1.94 bits per heavy atom. The minimum atomic E-state index is 0.702. The molecule has 4 nitrogen and oxygen atoms in total. The highest BCUT2D eigenvalue weighted by Gasteiger charge is 1.97. The van der Waals surface area contributed by atoms with Crippen LogP contribution in [0.5, 0.6) is 0 Å². The Morgan fingerprint density at radius 1 is 1.24 bits per heavy atom. The van der Waals surface area contributed by atoms with Crippen molar-refractivity contribution >= 4 is 5.69 Å². The molecule has 17 heavy (non-hydrogen) atoms. The van der Waals surface area contributed by atoms with Crippen LogP contribution >= 0.6 is 0 Å². The molecule has 0 aliphatic rings. The van der Waals surface area contributed by atoms with Crippen molar-refractivity contribution in [3.63, 3.8) is 0 Å². The topological polar surface area (TPSA) is 55.9 Å². The molecular formula is C13H18N4. The molecule has 2 rings (SSSR count). The Kier molecular flexibility index (Phi) is 3.77. The van der Waals surface area contributed by atoms with Gasteiger partial charge in [-0.3, -0.25) is 4.68 Å². The van der Waals surface area contributed by atoms with E-state index in [1.807, 2.05) is 19.4 Å². The first kappa shape index (κ1) is 11.7. The number of nitrogens with one attached hydrogen (secondary N) is 1. The molecule has 0 aliphatic heterocycles. The van der Waals surface area contributed by atoms with E-state index in [2.05, 4.69) is 34.7 Å². The molecule has 1 aromatic carbocycles. The molecule has 0 unspecified atom stereocenters. The molecule has 3 N–H and O–H groups in total. The minimum absolute atomic E-state index is 0.702. The van der Waals surface area contributed by atoms with Crippen molar-refractivity contribution in [2.45, 2.75) is 13.0 Å². The van der Waals surface area contributed by atoms with Gasteiger partial charge in [0.25, 0.3) is 0 Å². The van der Waals surface area contributed by atoms with Crippen molar-refractivity contribution in [3.05, 3.63) is 47.8 Å². The smallest absolute Gasteiger partial charge is 0.0729 e. The van der Waals surface area contributed by atoms with E-state index in [1.165, 1.54) is 11.1 Å². The molecule has 0 saturated carbocycles. The van der Waals surface area contributed by atoms with E-state index >= 15 is 0 Å². The average Bonchev–Trinajstić information content (AvgIpc) is 2.75. The fourth-order valence-corrected chi connectivity index (χ4v) is 1.71. The quantitative estimate of drug-likeness (QED) is 0.819. The first-order valence-electron chi connectivity index (χ1n) is 5.78. The molecule has 0 radical (unpaired) electrons. The van der Waals surface area contributed by atoms with Gasteiger partial charge < -0.3 is 11.1 Å². The number of nitrogens with two attached hydrogens (primary N) is 1. The maximum Gasteiger partial charge on any atom is 0.0729 e. The van der Waals surface area contributed by atoms with Gasteiger partial charge in [-0.15, -0.1) is 0 Å². The van der Waals surface area contributed by atoms with Gasteiger partial charge in [0, 0.05) is 19.8 Å². The average molecular weight is 230 g/mol. The summed E-state index contributed by atoms with van der Waals surface area (Å²) < 4.78 is 1.78. The first-order valence-corrected chi connectivity index (χ1v) is 5.78. The predicted octanol–water partition coefficient (Wildman–Crippen LogP) is 1.53. The van der Waals surface area contributed by atoms with Gasteiger partial charge in [0.1, 0.15) is 0 Å². The summed E-state index contributed by atoms with van der Waals surface area (Å²) in [6, 6.07) is 8.53. The Morgan fingerprint density at radius 3 is 2.53 bits per heavy atom. The van der Waals surface area contributed by atoms with Gasteiger partial charge in [0.2, 0.25) is 0 Å². The van der Waals surface area contributed by atoms with Crippen LogP contribution in [0.25, 0.3) is 0 Å². The highest BCUT2D eigenvalue weighted by atomic mass is 15.3. The van der Waals surface area contributed by atoms with Crippen LogP contribution in [-0.4, -0.2) is 16.3 Å². The highest BCUT2D eigenvalue weighted by molar-refractivity contribution is 5.39. The van der Waals surface area contributed by atoms with E-state index in [0.29, 0.717) is 6.54 Å². The maximum atomic E-state index is 5.51. The summed E-state index contributed by atoms with van der Waals surface area (Å²) in [6.07, 6.45) is 4.72. The Hall–Kier alpha value is -1.81. The molecule has 1 heterocycles. The van der Waals surface area contributed by atoms with Crippen molar-refractivity contribution < 1.29 is 0 Å². The summed E-state index contributed by atoms with van der Waals surface area (Å²) >= 11 is 0. The molecule has 0 atom stereocenters. The van der Waals surface area contributed by atoms with Gasteiger partial charge in [-0.05, 0) is 24.1 Å². The van der Waals surface area contributed by atoms with Crippen LogP contribution < -0.4 is 11.1 Å². The number of aromatic nitrogens is 2. The van der Waals surface area contributed by atoms with Gasteiger partial charge in [0.15, 0.2) is 0 Å². The second-order valence-electron chi connectivity index (χ2n) is 4.11. The molecule has 0 saturated heterocycles. The van der Waals surface area contributed by atoms with Crippen molar-refractivity contribution in [1.82, 2.24) is 9.78 Å². The zero-order valence-corrected chi connectivity index (χ0v) is 10.1. The molecule has 0 spiro atoms. The molecule has 0 aliphatic carbocycles. The summed E-state index contributed by atoms with van der Waals surface area (Å²) in [5, 5.41) is 7.43. The fraction of sp³-hybridized carbons (Fsp3) is 0.308. The van der Waals surface area contributed by atoms with Gasteiger partial charge >= 0.3 is 0 Å². The van der Waals surface area contributed by atoms with Crippen LogP contribution in [0.3, 0.4) is 0 Å². The van der Waals surface area contributed by atoms with Crippen molar-refractivity contribution in [1.29, 1.82) is 0 Å². The maximum absolute atomic E-state index is 5.51. The van der Waals surface area contributed by atoms with E-state index in [9.17, 15) is 0 Å². The Bertz CT molecular complexity index is 459. The molecule has 0 fully saturated rings. The summed E-state index contributed by atoms with van der Waals surface area (Å²) in [6.45, 7) is 1.52. The number of anilines is 1. The normalized spacial score (nSPS) is 10.5. The molecule has 0 bridgehead atoms. The Balaban J connectivity index is 1.90. The van der Waals surface area contributed by atoms with E-state index in [-0.39, 0.29) is 0 Å². The van der Waals surface area contributed by atoms with E-state index < -0.39 is 0 Å². The number of benzene rings is 1. The third-order valence-corrected chi connectivity index (χ3v) is 2.66. The molecule has 0 amide bonds. The number of hydrogen-bond donors (Lipinski definition) is 2. The predicted molar refractivity (Wildman–Crippen MR) is 69.7 cm³/mol. The lowest BCUT2D eigenvalue weighted by Gasteiger charge is -2.05. The lowest BCUT2D eigenvalue weighted by molar-refractivity contribution is 0.768. The second-order valence-corrected chi connectivity index (χ2v) is 4.11. The number of rotatable bonds is 5. The van der Waals surface area contributed by atoms with Crippen LogP contribution in [0.2, 0.25) is 0 Å². The van der Waals surface area contributed by atoms with E-state index in [0.717, 1.165) is 18.7 Å². The largest absolute Gasteiger partial charge is 0.378 e. The van der Waals surface area contributed by atoms with Crippen molar-refractivity contribution in [3.8, 4) is 0 Å². The summed E-state index contributed by atoms with van der Waals surface area (Å²) in [4.78, 5) is 0. The highest BCUT2D eigenvalue weighted by Crippen LogP contribution is 2.09. The molecule has 2 aromatic rings. The van der Waals surface area contributed by atoms with Gasteiger partial charge in [0.05, 0.1) is 11.9 Å². The fourth-order valence-electron chi connectivity index (χ4n) is 1.71. The van der Waals surface area contributed by atoms with Gasteiger partial charge in [-0.1, -0.05) is 24.3 Å². The van der Waals surface area contributed by atoms with Gasteiger partial charge in [-0.2, -0.15) is 5.10 Å². The zero-order valence-electron chi connectivity index (χ0n) is 10.1. The van der Waals surface area contributed by atoms with E-state index in [4.69, 9.17) is 5.73 Å². The summed E-state index contributed by atoms with van der Waals surface area (Å²) in [5.41, 5.74) is 9.10. The SMILES string of the molecule is Cn1cc(NCc2ccc(CCN)cc2)cn1. The number of hydrogen-bond acceptors (Lipinski definition) is 3. The third kappa shape index (κ3) is 3.32. The van der Waals surface area contributed by atoms with Crippen LogP contribution in [0.15, 0.2) is 36.7 Å².